The fourth-order valence-electron chi connectivity index (χ4n) is 1.34. The van der Waals surface area contributed by atoms with E-state index in [4.69, 9.17) is 11.5 Å². The van der Waals surface area contributed by atoms with Crippen molar-refractivity contribution in [3.8, 4) is 0 Å². The van der Waals surface area contributed by atoms with Crippen LogP contribution in [0.15, 0.2) is 4.79 Å². The molecule has 0 aromatic carbocycles. The Balaban J connectivity index is 3.14. The molecular weight excluding hydrogens is 208 g/mol. The van der Waals surface area contributed by atoms with E-state index in [2.05, 4.69) is 29.2 Å². The molecule has 0 fully saturated rings. The SMILES string of the molecule is CNN(CC(C)C)c1nc(N)[nH]c(=O)c1N. The van der Waals surface area contributed by atoms with Crippen molar-refractivity contribution in [2.75, 3.05) is 30.1 Å². The molecule has 1 aromatic rings. The molecule has 0 radical (unpaired) electrons. The number of aromatic nitrogens is 2. The van der Waals surface area contributed by atoms with Crippen LogP contribution in [0.5, 0.6) is 0 Å². The Bertz CT molecular complexity index is 413. The first kappa shape index (κ1) is 12.3. The lowest BCUT2D eigenvalue weighted by molar-refractivity contribution is 0.569. The lowest BCUT2D eigenvalue weighted by Crippen LogP contribution is -2.40. The zero-order chi connectivity index (χ0) is 12.3. The van der Waals surface area contributed by atoms with Gasteiger partial charge >= 0.3 is 0 Å². The molecule has 0 amide bonds. The molecule has 0 unspecified atom stereocenters. The summed E-state index contributed by atoms with van der Waals surface area (Å²) in [5, 5.41) is 1.70. The first-order chi connectivity index (χ1) is 7.45. The minimum absolute atomic E-state index is 0.0539. The van der Waals surface area contributed by atoms with E-state index in [1.54, 1.807) is 12.1 Å². The van der Waals surface area contributed by atoms with E-state index in [0.717, 1.165) is 0 Å². The van der Waals surface area contributed by atoms with Crippen LogP contribution in [0.1, 0.15) is 13.8 Å². The molecule has 0 spiro atoms. The van der Waals surface area contributed by atoms with Gasteiger partial charge in [-0.05, 0) is 5.92 Å². The number of nitrogens with zero attached hydrogens (tertiary/aromatic N) is 2. The summed E-state index contributed by atoms with van der Waals surface area (Å²) in [6.07, 6.45) is 0. The minimum Gasteiger partial charge on any atom is -0.391 e. The molecule has 0 aliphatic heterocycles. The van der Waals surface area contributed by atoms with Gasteiger partial charge in [-0.25, -0.2) is 5.43 Å². The van der Waals surface area contributed by atoms with Crippen molar-refractivity contribution in [3.63, 3.8) is 0 Å². The second kappa shape index (κ2) is 4.84. The summed E-state index contributed by atoms with van der Waals surface area (Å²) in [6.45, 7) is 4.78. The fourth-order valence-corrected chi connectivity index (χ4v) is 1.34. The van der Waals surface area contributed by atoms with Crippen LogP contribution in [0.3, 0.4) is 0 Å². The number of anilines is 3. The molecule has 0 bridgehead atoms. The van der Waals surface area contributed by atoms with Crippen molar-refractivity contribution in [2.24, 2.45) is 5.92 Å². The predicted molar refractivity (Wildman–Crippen MR) is 64.9 cm³/mol. The maximum atomic E-state index is 11.4. The van der Waals surface area contributed by atoms with Gasteiger partial charge < -0.3 is 11.5 Å². The van der Waals surface area contributed by atoms with Crippen molar-refractivity contribution in [1.29, 1.82) is 0 Å². The zero-order valence-electron chi connectivity index (χ0n) is 9.74. The number of H-pyrrole nitrogens is 1. The van der Waals surface area contributed by atoms with Crippen LogP contribution >= 0.6 is 0 Å². The Hall–Kier alpha value is -1.76. The van der Waals surface area contributed by atoms with Crippen molar-refractivity contribution in [2.45, 2.75) is 13.8 Å². The third kappa shape index (κ3) is 2.63. The van der Waals surface area contributed by atoms with Gasteiger partial charge in [0, 0.05) is 13.6 Å². The maximum Gasteiger partial charge on any atom is 0.277 e. The molecule has 0 aliphatic rings. The van der Waals surface area contributed by atoms with Gasteiger partial charge in [0.15, 0.2) is 5.82 Å². The highest BCUT2D eigenvalue weighted by molar-refractivity contribution is 5.62. The van der Waals surface area contributed by atoms with Gasteiger partial charge in [0.25, 0.3) is 5.56 Å². The number of nitrogens with one attached hydrogen (secondary N) is 2. The van der Waals surface area contributed by atoms with Gasteiger partial charge in [0.1, 0.15) is 5.69 Å². The normalized spacial score (nSPS) is 10.8. The fraction of sp³-hybridized carbons (Fsp3) is 0.556. The Labute approximate surface area is 93.8 Å². The van der Waals surface area contributed by atoms with Crippen LogP contribution < -0.4 is 27.5 Å². The topological polar surface area (TPSA) is 113 Å². The summed E-state index contributed by atoms with van der Waals surface area (Å²) in [6, 6.07) is 0. The molecule has 16 heavy (non-hydrogen) atoms. The van der Waals surface area contributed by atoms with Crippen LogP contribution in [0.2, 0.25) is 0 Å². The van der Waals surface area contributed by atoms with E-state index in [-0.39, 0.29) is 11.6 Å². The van der Waals surface area contributed by atoms with Gasteiger partial charge in [-0.15, -0.1) is 0 Å². The highest BCUT2D eigenvalue weighted by Gasteiger charge is 2.14. The maximum absolute atomic E-state index is 11.4. The van der Waals surface area contributed by atoms with Crippen LogP contribution in [0, 0.1) is 5.92 Å². The Morgan fingerprint density at radius 3 is 2.62 bits per heavy atom. The van der Waals surface area contributed by atoms with E-state index in [9.17, 15) is 4.79 Å². The summed E-state index contributed by atoms with van der Waals surface area (Å²) in [4.78, 5) is 17.8. The number of rotatable bonds is 4. The lowest BCUT2D eigenvalue weighted by atomic mass is 10.2. The first-order valence-corrected chi connectivity index (χ1v) is 5.06. The summed E-state index contributed by atoms with van der Waals surface area (Å²) < 4.78 is 0. The molecule has 0 atom stereocenters. The second-order valence-corrected chi connectivity index (χ2v) is 3.92. The van der Waals surface area contributed by atoms with Gasteiger partial charge in [-0.2, -0.15) is 4.98 Å². The van der Waals surface area contributed by atoms with Crippen molar-refractivity contribution in [1.82, 2.24) is 15.4 Å². The van der Waals surface area contributed by atoms with Crippen LogP contribution in [-0.4, -0.2) is 23.6 Å². The summed E-state index contributed by atoms with van der Waals surface area (Å²) in [5.74, 6) is 0.810. The lowest BCUT2D eigenvalue weighted by Gasteiger charge is -2.25. The largest absolute Gasteiger partial charge is 0.391 e. The average molecular weight is 226 g/mol. The zero-order valence-corrected chi connectivity index (χ0v) is 9.74. The summed E-state index contributed by atoms with van der Waals surface area (Å²) >= 11 is 0. The third-order valence-electron chi connectivity index (χ3n) is 2.03. The molecule has 0 aliphatic carbocycles. The number of nitrogen functional groups attached to an aromatic ring is 2. The number of hydrogen-bond donors (Lipinski definition) is 4. The van der Waals surface area contributed by atoms with Crippen molar-refractivity contribution in [3.05, 3.63) is 10.4 Å². The van der Waals surface area contributed by atoms with E-state index in [1.807, 2.05) is 0 Å². The van der Waals surface area contributed by atoms with E-state index in [0.29, 0.717) is 18.3 Å². The third-order valence-corrected chi connectivity index (χ3v) is 2.03. The molecule has 1 aromatic heterocycles. The van der Waals surface area contributed by atoms with Crippen molar-refractivity contribution >= 4 is 17.5 Å². The smallest absolute Gasteiger partial charge is 0.277 e. The monoisotopic (exact) mass is 226 g/mol. The standard InChI is InChI=1S/C9H18N6O/c1-5(2)4-15(12-3)7-6(10)8(16)14-9(11)13-7/h5,12H,4,10H2,1-3H3,(H3,11,13,14,16). The molecule has 90 valence electrons. The van der Waals surface area contributed by atoms with Gasteiger partial charge in [0.2, 0.25) is 5.95 Å². The summed E-state index contributed by atoms with van der Waals surface area (Å²) in [5.41, 5.74) is 13.7. The van der Waals surface area contributed by atoms with Gasteiger partial charge in [0.05, 0.1) is 0 Å². The Kier molecular flexibility index (Phi) is 3.73. The molecule has 1 rings (SSSR count). The first-order valence-electron chi connectivity index (χ1n) is 5.06. The average Bonchev–Trinajstić information content (AvgIpc) is 2.20. The highest BCUT2D eigenvalue weighted by Crippen LogP contribution is 2.15. The van der Waals surface area contributed by atoms with Crippen molar-refractivity contribution < 1.29 is 0 Å². The Morgan fingerprint density at radius 1 is 1.50 bits per heavy atom. The second-order valence-electron chi connectivity index (χ2n) is 3.92. The number of aromatic amines is 1. The van der Waals surface area contributed by atoms with E-state index >= 15 is 0 Å². The highest BCUT2D eigenvalue weighted by atomic mass is 16.1. The van der Waals surface area contributed by atoms with Gasteiger partial charge in [-0.1, -0.05) is 13.8 Å². The molecule has 1 heterocycles. The molecule has 0 saturated carbocycles. The van der Waals surface area contributed by atoms with Crippen LogP contribution in [0.25, 0.3) is 0 Å². The number of hydrogen-bond acceptors (Lipinski definition) is 6. The predicted octanol–water partition coefficient (Wildman–Crippen LogP) is -0.469. The van der Waals surface area contributed by atoms with E-state index < -0.39 is 5.56 Å². The van der Waals surface area contributed by atoms with Crippen LogP contribution in [-0.2, 0) is 0 Å². The molecule has 7 heteroatoms. The molecular formula is C9H18N6O. The molecule has 7 nitrogen and oxygen atoms in total. The summed E-state index contributed by atoms with van der Waals surface area (Å²) in [7, 11) is 1.74. The number of nitrogens with two attached hydrogens (primary N) is 2. The van der Waals surface area contributed by atoms with Crippen LogP contribution in [0.4, 0.5) is 17.5 Å². The molecule has 0 saturated heterocycles. The van der Waals surface area contributed by atoms with Gasteiger partial charge in [-0.3, -0.25) is 14.8 Å². The Morgan fingerprint density at radius 2 is 2.12 bits per heavy atom. The molecule has 6 N–H and O–H groups in total. The number of hydrazine groups is 1. The minimum atomic E-state index is -0.425. The van der Waals surface area contributed by atoms with E-state index in [1.165, 1.54) is 0 Å². The quantitative estimate of drug-likeness (QED) is 0.516.